The number of benzene rings is 1. The highest BCUT2D eigenvalue weighted by atomic mass is 35.6. The average molecular weight is 369 g/mol. The lowest BCUT2D eigenvalue weighted by molar-refractivity contribution is -0.384. The Bertz CT molecular complexity index is 550. The van der Waals surface area contributed by atoms with Gasteiger partial charge in [0.25, 0.3) is 5.69 Å². The zero-order chi connectivity index (χ0) is 17.1. The number of hydrogen-bond acceptors (Lipinski definition) is 4. The van der Waals surface area contributed by atoms with E-state index in [0.29, 0.717) is 5.69 Å². The third kappa shape index (κ3) is 5.51. The molecule has 0 aliphatic carbocycles. The molecule has 122 valence electrons. The van der Waals surface area contributed by atoms with Gasteiger partial charge in [0.2, 0.25) is 9.70 Å². The van der Waals surface area contributed by atoms with E-state index in [0.717, 1.165) is 0 Å². The van der Waals surface area contributed by atoms with E-state index < -0.39 is 20.3 Å². The number of non-ortho nitro benzene ring substituents is 1. The Kier molecular flexibility index (Phi) is 5.89. The average Bonchev–Trinajstić information content (AvgIpc) is 2.36. The van der Waals surface area contributed by atoms with Gasteiger partial charge in [0.05, 0.1) is 4.92 Å². The minimum atomic E-state index is -1.80. The van der Waals surface area contributed by atoms with Crippen LogP contribution in [0.2, 0.25) is 0 Å². The van der Waals surface area contributed by atoms with Crippen molar-refractivity contribution >= 4 is 52.1 Å². The van der Waals surface area contributed by atoms with Gasteiger partial charge in [-0.25, -0.2) is 0 Å². The summed E-state index contributed by atoms with van der Waals surface area (Å²) in [5, 5.41) is 16.1. The van der Waals surface area contributed by atoms with Crippen LogP contribution in [0.3, 0.4) is 0 Å². The molecule has 0 bridgehead atoms. The highest BCUT2D eigenvalue weighted by Crippen LogP contribution is 2.32. The molecule has 2 N–H and O–H groups in total. The molecule has 0 aliphatic heterocycles. The molecule has 1 aromatic carbocycles. The highest BCUT2D eigenvalue weighted by molar-refractivity contribution is 6.68. The summed E-state index contributed by atoms with van der Waals surface area (Å²) in [6, 6.07) is 5.54. The predicted octanol–water partition coefficient (Wildman–Crippen LogP) is 3.87. The lowest BCUT2D eigenvalue weighted by Crippen LogP contribution is -2.52. The van der Waals surface area contributed by atoms with Crippen LogP contribution >= 0.6 is 34.8 Å². The van der Waals surface area contributed by atoms with Crippen LogP contribution in [0.4, 0.5) is 11.4 Å². The third-order valence-corrected chi connectivity index (χ3v) is 3.33. The van der Waals surface area contributed by atoms with Crippen molar-refractivity contribution in [1.82, 2.24) is 5.32 Å². The van der Waals surface area contributed by atoms with Crippen LogP contribution < -0.4 is 10.6 Å². The molecule has 9 heteroatoms. The van der Waals surface area contributed by atoms with Gasteiger partial charge >= 0.3 is 0 Å². The number of nitrogens with zero attached hydrogens (tertiary/aromatic N) is 1. The van der Waals surface area contributed by atoms with Gasteiger partial charge in [-0.15, -0.1) is 0 Å². The number of amides is 1. The molecule has 0 unspecified atom stereocenters. The number of hydrogen-bond donors (Lipinski definition) is 2. The Morgan fingerprint density at radius 3 is 2.05 bits per heavy atom. The molecule has 0 spiro atoms. The first kappa shape index (κ1) is 18.8. The lowest BCUT2D eigenvalue weighted by Gasteiger charge is -2.30. The molecule has 0 radical (unpaired) electrons. The second-order valence-electron chi connectivity index (χ2n) is 5.65. The fraction of sp³-hybridized carbons (Fsp3) is 0.462. The van der Waals surface area contributed by atoms with Crippen LogP contribution in [-0.2, 0) is 4.79 Å². The number of nitro benzene ring substituents is 1. The van der Waals surface area contributed by atoms with Crippen molar-refractivity contribution < 1.29 is 9.72 Å². The van der Waals surface area contributed by atoms with Crippen LogP contribution in [0.25, 0.3) is 0 Å². The lowest BCUT2D eigenvalue weighted by atomic mass is 9.95. The maximum Gasteiger partial charge on any atom is 0.269 e. The van der Waals surface area contributed by atoms with Crippen LogP contribution in [0.1, 0.15) is 20.8 Å². The Balaban J connectivity index is 2.90. The Hall–Kier alpha value is -1.24. The molecule has 1 aromatic rings. The standard InChI is InChI=1S/C13H16Cl3N3O3/c1-12(2,3)11(20)18-10(13(14,15)16)17-8-4-6-9(7-5-8)19(21)22/h4-7,10,17H,1-3H3,(H,18,20)/t10-/m0/s1. The van der Waals surface area contributed by atoms with Gasteiger partial charge in [0.1, 0.15) is 6.17 Å². The summed E-state index contributed by atoms with van der Waals surface area (Å²) >= 11 is 17.6. The Morgan fingerprint density at radius 1 is 1.18 bits per heavy atom. The van der Waals surface area contributed by atoms with Crippen molar-refractivity contribution in [2.75, 3.05) is 5.32 Å². The van der Waals surface area contributed by atoms with Crippen LogP contribution in [0.15, 0.2) is 24.3 Å². The summed E-state index contributed by atoms with van der Waals surface area (Å²) in [6.07, 6.45) is -0.995. The van der Waals surface area contributed by atoms with Crippen molar-refractivity contribution in [1.29, 1.82) is 0 Å². The van der Waals surface area contributed by atoms with Crippen molar-refractivity contribution in [3.63, 3.8) is 0 Å². The summed E-state index contributed by atoms with van der Waals surface area (Å²) in [4.78, 5) is 22.1. The number of anilines is 1. The van der Waals surface area contributed by atoms with Crippen LogP contribution in [0.5, 0.6) is 0 Å². The van der Waals surface area contributed by atoms with Gasteiger partial charge in [0, 0.05) is 23.2 Å². The zero-order valence-corrected chi connectivity index (χ0v) is 14.5. The monoisotopic (exact) mass is 367 g/mol. The molecule has 1 atom stereocenters. The van der Waals surface area contributed by atoms with E-state index in [9.17, 15) is 14.9 Å². The quantitative estimate of drug-likeness (QED) is 0.366. The van der Waals surface area contributed by atoms with Crippen molar-refractivity contribution in [2.24, 2.45) is 5.41 Å². The van der Waals surface area contributed by atoms with Gasteiger partial charge in [-0.1, -0.05) is 55.6 Å². The summed E-state index contributed by atoms with van der Waals surface area (Å²) in [5.41, 5.74) is -0.253. The Labute approximate surface area is 143 Å². The number of carbonyl (C=O) groups excluding carboxylic acids is 1. The van der Waals surface area contributed by atoms with Gasteiger partial charge in [-0.05, 0) is 12.1 Å². The predicted molar refractivity (Wildman–Crippen MR) is 88.4 cm³/mol. The van der Waals surface area contributed by atoms with Crippen molar-refractivity contribution in [3.8, 4) is 0 Å². The summed E-state index contributed by atoms with van der Waals surface area (Å²) in [6.45, 7) is 5.18. The maximum absolute atomic E-state index is 12.0. The first-order valence-electron chi connectivity index (χ1n) is 6.30. The van der Waals surface area contributed by atoms with E-state index in [-0.39, 0.29) is 11.6 Å². The number of nitrogens with one attached hydrogen (secondary N) is 2. The van der Waals surface area contributed by atoms with Crippen LogP contribution in [-0.4, -0.2) is 20.8 Å². The number of nitro groups is 1. The largest absolute Gasteiger partial charge is 0.362 e. The normalized spacial score (nSPS) is 13.4. The molecular formula is C13H16Cl3N3O3. The molecule has 1 rings (SSSR count). The number of carbonyl (C=O) groups is 1. The highest BCUT2D eigenvalue weighted by Gasteiger charge is 2.36. The molecule has 1 amide bonds. The first-order chi connectivity index (χ1) is 9.91. The van der Waals surface area contributed by atoms with E-state index in [1.165, 1.54) is 24.3 Å². The van der Waals surface area contributed by atoms with Gasteiger partial charge < -0.3 is 10.6 Å². The van der Waals surface area contributed by atoms with Gasteiger partial charge in [-0.2, -0.15) is 0 Å². The summed E-state index contributed by atoms with van der Waals surface area (Å²) < 4.78 is -1.80. The first-order valence-corrected chi connectivity index (χ1v) is 7.43. The smallest absolute Gasteiger partial charge is 0.269 e. The fourth-order valence-corrected chi connectivity index (χ4v) is 1.72. The SMILES string of the molecule is CC(C)(C)C(=O)N[C@H](Nc1ccc([N+](=O)[O-])cc1)C(Cl)(Cl)Cl. The second-order valence-corrected chi connectivity index (χ2v) is 8.02. The van der Waals surface area contributed by atoms with E-state index in [1.807, 2.05) is 0 Å². The van der Waals surface area contributed by atoms with E-state index in [1.54, 1.807) is 20.8 Å². The molecule has 0 aliphatic rings. The molecule has 22 heavy (non-hydrogen) atoms. The molecule has 0 aromatic heterocycles. The van der Waals surface area contributed by atoms with E-state index >= 15 is 0 Å². The van der Waals surface area contributed by atoms with Crippen LogP contribution in [0, 0.1) is 15.5 Å². The van der Waals surface area contributed by atoms with Crippen molar-refractivity contribution in [3.05, 3.63) is 34.4 Å². The fourth-order valence-electron chi connectivity index (χ4n) is 1.39. The molecule has 0 heterocycles. The molecule has 0 saturated heterocycles. The molecule has 0 saturated carbocycles. The molecule has 6 nitrogen and oxygen atoms in total. The van der Waals surface area contributed by atoms with E-state index in [2.05, 4.69) is 10.6 Å². The topological polar surface area (TPSA) is 84.3 Å². The number of alkyl halides is 3. The summed E-state index contributed by atoms with van der Waals surface area (Å²) in [5.74, 6) is -0.307. The van der Waals surface area contributed by atoms with Crippen molar-refractivity contribution in [2.45, 2.75) is 30.7 Å². The minimum absolute atomic E-state index is 0.0605. The second kappa shape index (κ2) is 6.89. The zero-order valence-electron chi connectivity index (χ0n) is 12.2. The summed E-state index contributed by atoms with van der Waals surface area (Å²) in [7, 11) is 0. The molecular weight excluding hydrogens is 353 g/mol. The number of rotatable bonds is 4. The minimum Gasteiger partial charge on any atom is -0.362 e. The third-order valence-electron chi connectivity index (χ3n) is 2.67. The van der Waals surface area contributed by atoms with Gasteiger partial charge in [-0.3, -0.25) is 14.9 Å². The van der Waals surface area contributed by atoms with Gasteiger partial charge in [0.15, 0.2) is 0 Å². The maximum atomic E-state index is 12.0. The van der Waals surface area contributed by atoms with E-state index in [4.69, 9.17) is 34.8 Å². The molecule has 0 fully saturated rings. The number of halogens is 3. The Morgan fingerprint density at radius 2 is 1.68 bits per heavy atom.